The second kappa shape index (κ2) is 5.94. The van der Waals surface area contributed by atoms with E-state index < -0.39 is 5.38 Å². The molecule has 0 aliphatic carbocycles. The number of likely N-dealkylation sites (tertiary alicyclic amines) is 1. The van der Waals surface area contributed by atoms with E-state index in [-0.39, 0.29) is 5.91 Å². The number of amides is 1. The van der Waals surface area contributed by atoms with Crippen molar-refractivity contribution in [2.24, 2.45) is 0 Å². The van der Waals surface area contributed by atoms with Crippen molar-refractivity contribution < 1.29 is 4.79 Å². The van der Waals surface area contributed by atoms with Gasteiger partial charge < -0.3 is 4.90 Å². The summed E-state index contributed by atoms with van der Waals surface area (Å²) in [5, 5.41) is 7.98. The number of rotatable bonds is 4. The lowest BCUT2D eigenvalue weighted by Gasteiger charge is -2.21. The lowest BCUT2D eigenvalue weighted by atomic mass is 10.4. The largest absolute Gasteiger partial charge is 0.342 e. The molecule has 1 amide bonds. The van der Waals surface area contributed by atoms with Gasteiger partial charge in [-0.1, -0.05) is 0 Å². The van der Waals surface area contributed by atoms with Gasteiger partial charge in [0, 0.05) is 19.6 Å². The van der Waals surface area contributed by atoms with Crippen LogP contribution in [-0.2, 0) is 4.79 Å². The Balaban J connectivity index is 2.28. The Kier molecular flexibility index (Phi) is 4.86. The Labute approximate surface area is 95.4 Å². The maximum absolute atomic E-state index is 11.7. The number of halogens is 1. The summed E-state index contributed by atoms with van der Waals surface area (Å²) in [5.74, 6) is 0.136. The van der Waals surface area contributed by atoms with E-state index in [0.717, 1.165) is 25.9 Å². The van der Waals surface area contributed by atoms with Gasteiger partial charge in [0.25, 0.3) is 0 Å². The molecule has 84 valence electrons. The van der Waals surface area contributed by atoms with Crippen molar-refractivity contribution in [3.05, 3.63) is 0 Å². The molecule has 1 heterocycles. The number of likely N-dealkylation sites (N-methyl/N-ethyl adjacent to an activating group) is 1. The first kappa shape index (κ1) is 12.3. The summed E-state index contributed by atoms with van der Waals surface area (Å²) in [6.45, 7) is 2.52. The molecule has 1 fully saturated rings. The van der Waals surface area contributed by atoms with E-state index in [2.05, 4.69) is 0 Å². The van der Waals surface area contributed by atoms with Crippen LogP contribution < -0.4 is 0 Å². The zero-order valence-electron chi connectivity index (χ0n) is 8.95. The van der Waals surface area contributed by atoms with Gasteiger partial charge in [-0.2, -0.15) is 5.26 Å². The molecular weight excluding hydrogens is 214 g/mol. The van der Waals surface area contributed by atoms with Gasteiger partial charge >= 0.3 is 0 Å². The van der Waals surface area contributed by atoms with Crippen LogP contribution in [0.5, 0.6) is 0 Å². The molecule has 1 saturated heterocycles. The molecule has 1 rings (SSSR count). The molecule has 5 heteroatoms. The van der Waals surface area contributed by atoms with E-state index in [4.69, 9.17) is 16.9 Å². The maximum Gasteiger partial charge on any atom is 0.236 e. The van der Waals surface area contributed by atoms with Crippen LogP contribution in [0.2, 0.25) is 0 Å². The number of hydrogen-bond donors (Lipinski definition) is 0. The lowest BCUT2D eigenvalue weighted by molar-refractivity contribution is -0.131. The highest BCUT2D eigenvalue weighted by Gasteiger charge is 2.19. The van der Waals surface area contributed by atoms with Crippen molar-refractivity contribution in [1.82, 2.24) is 9.80 Å². The third-order valence-electron chi connectivity index (χ3n) is 2.48. The van der Waals surface area contributed by atoms with Crippen LogP contribution in [0.15, 0.2) is 0 Å². The normalized spacial score (nSPS) is 17.9. The van der Waals surface area contributed by atoms with Crippen molar-refractivity contribution in [3.8, 4) is 6.07 Å². The van der Waals surface area contributed by atoms with Gasteiger partial charge in [-0.3, -0.25) is 9.69 Å². The summed E-state index contributed by atoms with van der Waals surface area (Å²) >= 11 is 5.68. The highest BCUT2D eigenvalue weighted by atomic mass is 35.5. The first-order valence-electron chi connectivity index (χ1n) is 5.13. The molecule has 15 heavy (non-hydrogen) atoms. The molecule has 0 aromatic heterocycles. The molecule has 0 aromatic rings. The first-order valence-corrected chi connectivity index (χ1v) is 5.57. The van der Waals surface area contributed by atoms with Crippen LogP contribution >= 0.6 is 11.6 Å². The molecule has 0 spiro atoms. The molecule has 0 saturated carbocycles. The summed E-state index contributed by atoms with van der Waals surface area (Å²) in [5.41, 5.74) is 0. The Morgan fingerprint density at radius 2 is 2.20 bits per heavy atom. The molecule has 0 N–H and O–H groups in total. The van der Waals surface area contributed by atoms with Crippen LogP contribution in [0.4, 0.5) is 0 Å². The average Bonchev–Trinajstić information content (AvgIpc) is 2.70. The van der Waals surface area contributed by atoms with Gasteiger partial charge in [-0.05, 0) is 19.9 Å². The molecule has 0 aromatic carbocycles. The van der Waals surface area contributed by atoms with E-state index >= 15 is 0 Å². The summed E-state index contributed by atoms with van der Waals surface area (Å²) in [7, 11) is 1.81. The van der Waals surface area contributed by atoms with Gasteiger partial charge in [0.15, 0.2) is 0 Å². The zero-order chi connectivity index (χ0) is 11.3. The molecule has 0 radical (unpaired) electrons. The minimum Gasteiger partial charge on any atom is -0.342 e. The van der Waals surface area contributed by atoms with Crippen LogP contribution in [0.3, 0.4) is 0 Å². The van der Waals surface area contributed by atoms with Crippen molar-refractivity contribution >= 4 is 17.5 Å². The molecule has 1 aliphatic rings. The van der Waals surface area contributed by atoms with E-state index in [1.807, 2.05) is 11.0 Å². The third kappa shape index (κ3) is 4.06. The number of carbonyl (C=O) groups is 1. The minimum absolute atomic E-state index is 0.136. The van der Waals surface area contributed by atoms with Crippen molar-refractivity contribution in [2.75, 3.05) is 33.2 Å². The van der Waals surface area contributed by atoms with Crippen LogP contribution in [0, 0.1) is 11.3 Å². The molecule has 1 atom stereocenters. The lowest BCUT2D eigenvalue weighted by Crippen LogP contribution is -2.39. The van der Waals surface area contributed by atoms with Crippen LogP contribution in [0.1, 0.15) is 12.8 Å². The van der Waals surface area contributed by atoms with E-state index in [1.165, 1.54) is 0 Å². The van der Waals surface area contributed by atoms with Gasteiger partial charge in [0.2, 0.25) is 5.91 Å². The van der Waals surface area contributed by atoms with E-state index in [9.17, 15) is 4.79 Å². The number of nitriles is 1. The topological polar surface area (TPSA) is 47.3 Å². The number of carbonyl (C=O) groups excluding carboxylic acids is 1. The van der Waals surface area contributed by atoms with Crippen LogP contribution in [-0.4, -0.2) is 54.3 Å². The second-order valence-corrected chi connectivity index (χ2v) is 4.41. The number of hydrogen-bond acceptors (Lipinski definition) is 3. The fourth-order valence-electron chi connectivity index (χ4n) is 1.68. The van der Waals surface area contributed by atoms with Gasteiger partial charge in [0.1, 0.15) is 5.38 Å². The van der Waals surface area contributed by atoms with Gasteiger partial charge in [-0.25, -0.2) is 0 Å². The highest BCUT2D eigenvalue weighted by Crippen LogP contribution is 2.08. The first-order chi connectivity index (χ1) is 7.13. The fourth-order valence-corrected chi connectivity index (χ4v) is 1.91. The third-order valence-corrected chi connectivity index (χ3v) is 2.71. The predicted octanol–water partition coefficient (Wildman–Crippen LogP) is 0.672. The SMILES string of the molecule is CN(CC(=O)N1CCCC1)CC(Cl)C#N. The predicted molar refractivity (Wildman–Crippen MR) is 58.6 cm³/mol. The Bertz CT molecular complexity index is 258. The van der Waals surface area contributed by atoms with Gasteiger partial charge in [-0.15, -0.1) is 11.6 Å². The summed E-state index contributed by atoms with van der Waals surface area (Å²) in [6, 6.07) is 1.94. The summed E-state index contributed by atoms with van der Waals surface area (Å²) in [4.78, 5) is 15.3. The monoisotopic (exact) mass is 229 g/mol. The molecule has 1 unspecified atom stereocenters. The minimum atomic E-state index is -0.540. The second-order valence-electron chi connectivity index (χ2n) is 3.88. The fraction of sp³-hybridized carbons (Fsp3) is 0.800. The Morgan fingerprint density at radius 3 is 2.73 bits per heavy atom. The number of nitrogens with zero attached hydrogens (tertiary/aromatic N) is 3. The maximum atomic E-state index is 11.7. The highest BCUT2D eigenvalue weighted by molar-refractivity contribution is 6.22. The quantitative estimate of drug-likeness (QED) is 0.666. The molecular formula is C10H16ClN3O. The van der Waals surface area contributed by atoms with Crippen molar-refractivity contribution in [3.63, 3.8) is 0 Å². The standard InChI is InChI=1S/C10H16ClN3O/c1-13(7-9(11)6-12)8-10(15)14-4-2-3-5-14/h9H,2-5,7-8H2,1H3. The Hall–Kier alpha value is -0.790. The zero-order valence-corrected chi connectivity index (χ0v) is 9.70. The van der Waals surface area contributed by atoms with Crippen molar-refractivity contribution in [2.45, 2.75) is 18.2 Å². The van der Waals surface area contributed by atoms with E-state index in [1.54, 1.807) is 11.9 Å². The summed E-state index contributed by atoms with van der Waals surface area (Å²) < 4.78 is 0. The average molecular weight is 230 g/mol. The van der Waals surface area contributed by atoms with E-state index in [0.29, 0.717) is 13.1 Å². The molecule has 0 bridgehead atoms. The Morgan fingerprint density at radius 1 is 1.60 bits per heavy atom. The molecule has 1 aliphatic heterocycles. The smallest absolute Gasteiger partial charge is 0.236 e. The molecule has 4 nitrogen and oxygen atoms in total. The number of alkyl halides is 1. The van der Waals surface area contributed by atoms with Crippen molar-refractivity contribution in [1.29, 1.82) is 5.26 Å². The van der Waals surface area contributed by atoms with Crippen LogP contribution in [0.25, 0.3) is 0 Å². The van der Waals surface area contributed by atoms with Gasteiger partial charge in [0.05, 0.1) is 12.6 Å². The summed E-state index contributed by atoms with van der Waals surface area (Å²) in [6.07, 6.45) is 2.21.